The van der Waals surface area contributed by atoms with Gasteiger partial charge in [0.25, 0.3) is 0 Å². The Morgan fingerprint density at radius 1 is 1.48 bits per heavy atom. The Balaban J connectivity index is 1.87. The Bertz CT molecular complexity index is 764. The van der Waals surface area contributed by atoms with Crippen molar-refractivity contribution < 1.29 is 19.5 Å². The predicted molar refractivity (Wildman–Crippen MR) is 105 cm³/mol. The standard InChI is InChI=1S/C20H26N2O4S/c1-13(21-14(2)23)19-22-16(12-27-19)6-4-5-7-17(24)10-15-11-18(25)8-9-20(15,3)26/h4-7,12-13,15,26H,8-11H2,1-3H3,(H,21,23). The van der Waals surface area contributed by atoms with E-state index in [4.69, 9.17) is 0 Å². The average molecular weight is 391 g/mol. The van der Waals surface area contributed by atoms with Crippen molar-refractivity contribution >= 4 is 34.9 Å². The second kappa shape index (κ2) is 9.19. The molecule has 1 fully saturated rings. The molecule has 0 aromatic carbocycles. The van der Waals surface area contributed by atoms with E-state index in [0.29, 0.717) is 12.8 Å². The molecule has 3 unspecified atom stereocenters. The molecule has 7 heteroatoms. The highest BCUT2D eigenvalue weighted by molar-refractivity contribution is 7.09. The molecule has 27 heavy (non-hydrogen) atoms. The predicted octanol–water partition coefficient (Wildman–Crippen LogP) is 2.99. The molecule has 2 N–H and O–H groups in total. The summed E-state index contributed by atoms with van der Waals surface area (Å²) in [5, 5.41) is 15.8. The summed E-state index contributed by atoms with van der Waals surface area (Å²) in [4.78, 5) is 39.2. The molecule has 1 amide bonds. The van der Waals surface area contributed by atoms with Crippen molar-refractivity contribution in [1.29, 1.82) is 0 Å². The third-order valence-electron chi connectivity index (χ3n) is 4.70. The summed E-state index contributed by atoms with van der Waals surface area (Å²) in [6, 6.07) is -0.141. The molecule has 6 nitrogen and oxygen atoms in total. The number of Topliss-reactive ketones (excluding diaryl/α,β-unsaturated/α-hetero) is 1. The number of aromatic nitrogens is 1. The second-order valence-electron chi connectivity index (χ2n) is 7.22. The molecule has 2 rings (SSSR count). The topological polar surface area (TPSA) is 96.4 Å². The van der Waals surface area contributed by atoms with Gasteiger partial charge in [-0.15, -0.1) is 11.3 Å². The quantitative estimate of drug-likeness (QED) is 0.551. The number of amides is 1. The number of carbonyl (C=O) groups excluding carboxylic acids is 3. The molecule has 1 aliphatic carbocycles. The number of nitrogens with zero attached hydrogens (tertiary/aromatic N) is 1. The highest BCUT2D eigenvalue weighted by atomic mass is 32.1. The van der Waals surface area contributed by atoms with Crippen LogP contribution >= 0.6 is 11.3 Å². The lowest BCUT2D eigenvalue weighted by molar-refractivity contribution is -0.132. The van der Waals surface area contributed by atoms with Crippen LogP contribution in [-0.4, -0.2) is 33.2 Å². The van der Waals surface area contributed by atoms with E-state index in [9.17, 15) is 19.5 Å². The first-order valence-corrected chi connectivity index (χ1v) is 9.89. The lowest BCUT2D eigenvalue weighted by atomic mass is 9.74. The molecule has 0 radical (unpaired) electrons. The van der Waals surface area contributed by atoms with Crippen molar-refractivity contribution in [3.63, 3.8) is 0 Å². The largest absolute Gasteiger partial charge is 0.390 e. The fraction of sp³-hybridized carbons (Fsp3) is 0.500. The molecule has 146 valence electrons. The van der Waals surface area contributed by atoms with Crippen LogP contribution in [0, 0.1) is 5.92 Å². The van der Waals surface area contributed by atoms with Crippen molar-refractivity contribution in [1.82, 2.24) is 10.3 Å². The fourth-order valence-corrected chi connectivity index (χ4v) is 3.85. The summed E-state index contributed by atoms with van der Waals surface area (Å²) in [7, 11) is 0. The lowest BCUT2D eigenvalue weighted by Gasteiger charge is -2.35. The van der Waals surface area contributed by atoms with Crippen molar-refractivity contribution in [2.45, 2.75) is 58.1 Å². The number of thiazole rings is 1. The molecule has 0 bridgehead atoms. The zero-order valence-corrected chi connectivity index (χ0v) is 16.7. The van der Waals surface area contributed by atoms with Gasteiger partial charge < -0.3 is 10.4 Å². The highest BCUT2D eigenvalue weighted by Gasteiger charge is 2.38. The van der Waals surface area contributed by atoms with Crippen molar-refractivity contribution in [2.75, 3.05) is 0 Å². The zero-order chi connectivity index (χ0) is 20.0. The second-order valence-corrected chi connectivity index (χ2v) is 8.11. The van der Waals surface area contributed by atoms with E-state index in [1.807, 2.05) is 12.3 Å². The van der Waals surface area contributed by atoms with E-state index in [1.165, 1.54) is 24.3 Å². The van der Waals surface area contributed by atoms with Gasteiger partial charge in [-0.05, 0) is 32.4 Å². The molecule has 1 aliphatic rings. The van der Waals surface area contributed by atoms with Crippen molar-refractivity contribution in [2.24, 2.45) is 5.92 Å². The highest BCUT2D eigenvalue weighted by Crippen LogP contribution is 2.34. The number of hydrogen-bond acceptors (Lipinski definition) is 6. The number of nitrogens with one attached hydrogen (secondary N) is 1. The molecular formula is C20H26N2O4S. The van der Waals surface area contributed by atoms with E-state index < -0.39 is 5.60 Å². The van der Waals surface area contributed by atoms with E-state index in [2.05, 4.69) is 10.3 Å². The minimum atomic E-state index is -0.963. The van der Waals surface area contributed by atoms with E-state index in [0.717, 1.165) is 10.7 Å². The average Bonchev–Trinajstić information content (AvgIpc) is 3.04. The normalized spacial score (nSPS) is 24.4. The molecule has 3 atom stereocenters. The van der Waals surface area contributed by atoms with Gasteiger partial charge in [0, 0.05) is 37.5 Å². The molecule has 1 saturated carbocycles. The van der Waals surface area contributed by atoms with Crippen molar-refractivity contribution in [3.05, 3.63) is 34.3 Å². The number of allylic oxidation sites excluding steroid dienone is 3. The summed E-state index contributed by atoms with van der Waals surface area (Å²) >= 11 is 1.46. The summed E-state index contributed by atoms with van der Waals surface area (Å²) in [5.74, 6) is -0.431. The van der Waals surface area contributed by atoms with E-state index in [1.54, 1.807) is 25.2 Å². The first kappa shape index (κ1) is 21.2. The van der Waals surface area contributed by atoms with Gasteiger partial charge in [-0.3, -0.25) is 14.4 Å². The maximum Gasteiger partial charge on any atom is 0.217 e. The Labute approximate surface area is 163 Å². The minimum Gasteiger partial charge on any atom is -0.390 e. The summed E-state index contributed by atoms with van der Waals surface area (Å²) in [6.07, 6.45) is 7.82. The van der Waals surface area contributed by atoms with E-state index >= 15 is 0 Å². The van der Waals surface area contributed by atoms with Gasteiger partial charge in [0.2, 0.25) is 5.91 Å². The fourth-order valence-electron chi connectivity index (χ4n) is 3.06. The summed E-state index contributed by atoms with van der Waals surface area (Å²) in [5.41, 5.74) is -0.209. The molecular weight excluding hydrogens is 364 g/mol. The van der Waals surface area contributed by atoms with Gasteiger partial charge in [-0.2, -0.15) is 0 Å². The Morgan fingerprint density at radius 2 is 2.22 bits per heavy atom. The zero-order valence-electron chi connectivity index (χ0n) is 15.9. The Kier molecular flexibility index (Phi) is 7.21. The summed E-state index contributed by atoms with van der Waals surface area (Å²) < 4.78 is 0. The van der Waals surface area contributed by atoms with Crippen LogP contribution in [0.1, 0.15) is 63.2 Å². The molecule has 0 aliphatic heterocycles. The monoisotopic (exact) mass is 390 g/mol. The SMILES string of the molecule is CC(=O)NC(C)c1nc(C=CC=CC(=O)CC2CC(=O)CCC2(C)O)cs1. The minimum absolute atomic E-state index is 0.102. The van der Waals surface area contributed by atoms with Gasteiger partial charge in [0.15, 0.2) is 5.78 Å². The van der Waals surface area contributed by atoms with Crippen LogP contribution < -0.4 is 5.32 Å². The van der Waals surface area contributed by atoms with Gasteiger partial charge in [0.1, 0.15) is 10.8 Å². The van der Waals surface area contributed by atoms with Gasteiger partial charge in [-0.1, -0.05) is 12.2 Å². The molecule has 1 heterocycles. The lowest BCUT2D eigenvalue weighted by Crippen LogP contribution is -2.41. The maximum absolute atomic E-state index is 12.1. The number of hydrogen-bond donors (Lipinski definition) is 2. The van der Waals surface area contributed by atoms with Crippen LogP contribution in [0.25, 0.3) is 6.08 Å². The molecule has 1 aromatic heterocycles. The van der Waals surface area contributed by atoms with Gasteiger partial charge in [0.05, 0.1) is 17.3 Å². The van der Waals surface area contributed by atoms with Gasteiger partial charge in [-0.25, -0.2) is 4.98 Å². The number of rotatable bonds is 7. The smallest absolute Gasteiger partial charge is 0.217 e. The van der Waals surface area contributed by atoms with Crippen LogP contribution in [0.2, 0.25) is 0 Å². The number of ketones is 2. The van der Waals surface area contributed by atoms with Crippen molar-refractivity contribution in [3.8, 4) is 0 Å². The van der Waals surface area contributed by atoms with Crippen LogP contribution in [0.4, 0.5) is 0 Å². The Morgan fingerprint density at radius 3 is 2.93 bits per heavy atom. The molecule has 0 saturated heterocycles. The number of aliphatic hydroxyl groups is 1. The summed E-state index contributed by atoms with van der Waals surface area (Å²) in [6.45, 7) is 5.04. The molecule has 1 aromatic rings. The van der Waals surface area contributed by atoms with Crippen LogP contribution in [-0.2, 0) is 14.4 Å². The van der Waals surface area contributed by atoms with Crippen LogP contribution in [0.5, 0.6) is 0 Å². The maximum atomic E-state index is 12.1. The molecule has 0 spiro atoms. The van der Waals surface area contributed by atoms with E-state index in [-0.39, 0.29) is 42.3 Å². The van der Waals surface area contributed by atoms with Crippen LogP contribution in [0.3, 0.4) is 0 Å². The third kappa shape index (κ3) is 6.52. The first-order valence-electron chi connectivity index (χ1n) is 9.01. The Hall–Kier alpha value is -2.12. The first-order chi connectivity index (χ1) is 12.7. The third-order valence-corrected chi connectivity index (χ3v) is 5.75. The van der Waals surface area contributed by atoms with Crippen LogP contribution in [0.15, 0.2) is 23.6 Å². The van der Waals surface area contributed by atoms with Gasteiger partial charge >= 0.3 is 0 Å². The number of carbonyl (C=O) groups is 3.